The average Bonchev–Trinajstić information content (AvgIpc) is 3.37. The molecule has 0 bridgehead atoms. The molecule has 3 N–H and O–H groups in total. The monoisotopic (exact) mass is 505 g/mol. The van der Waals surface area contributed by atoms with E-state index >= 15 is 0 Å². The van der Waals surface area contributed by atoms with Gasteiger partial charge in [0.1, 0.15) is 0 Å². The van der Waals surface area contributed by atoms with Crippen LogP contribution in [0.1, 0.15) is 64.2 Å². The van der Waals surface area contributed by atoms with Crippen molar-refractivity contribution in [1.82, 2.24) is 15.5 Å². The molecule has 4 rings (SSSR count). The Morgan fingerprint density at radius 1 is 1.17 bits per heavy atom. The summed E-state index contributed by atoms with van der Waals surface area (Å²) in [4.78, 5) is 29.2. The molecule has 7 nitrogen and oxygen atoms in total. The molecule has 3 fully saturated rings. The van der Waals surface area contributed by atoms with Crippen LogP contribution in [0.2, 0.25) is 0 Å². The fraction of sp³-hybridized carbons (Fsp3) is 0.778. The van der Waals surface area contributed by atoms with Gasteiger partial charge in [0.2, 0.25) is 11.8 Å². The van der Waals surface area contributed by atoms with Crippen LogP contribution in [0.25, 0.3) is 0 Å². The van der Waals surface area contributed by atoms with Crippen molar-refractivity contribution >= 4 is 23.2 Å². The lowest BCUT2D eigenvalue weighted by atomic mass is 9.57. The van der Waals surface area contributed by atoms with E-state index in [0.29, 0.717) is 25.8 Å². The third-order valence-corrected chi connectivity index (χ3v) is 9.63. The predicted octanol–water partition coefficient (Wildman–Crippen LogP) is 2.97. The fourth-order valence-corrected chi connectivity index (χ4v) is 7.57. The lowest BCUT2D eigenvalue weighted by molar-refractivity contribution is -0.124. The van der Waals surface area contributed by atoms with Gasteiger partial charge in [-0.25, -0.2) is 0 Å². The van der Waals surface area contributed by atoms with Gasteiger partial charge in [-0.3, -0.25) is 14.5 Å². The van der Waals surface area contributed by atoms with Crippen molar-refractivity contribution in [2.45, 2.75) is 77.4 Å². The van der Waals surface area contributed by atoms with Crippen LogP contribution in [0, 0.1) is 16.7 Å². The van der Waals surface area contributed by atoms with Gasteiger partial charge in [-0.2, -0.15) is 0 Å². The highest BCUT2D eigenvalue weighted by Gasteiger charge is 2.61. The van der Waals surface area contributed by atoms with Gasteiger partial charge in [0.25, 0.3) is 0 Å². The summed E-state index contributed by atoms with van der Waals surface area (Å²) in [6.07, 6.45) is 4.72. The van der Waals surface area contributed by atoms with Crippen LogP contribution in [-0.2, 0) is 20.7 Å². The molecule has 0 aromatic carbocycles. The quantitative estimate of drug-likeness (QED) is 0.480. The summed E-state index contributed by atoms with van der Waals surface area (Å²) in [6, 6.07) is 4.00. The van der Waals surface area contributed by atoms with E-state index in [1.807, 2.05) is 24.4 Å². The number of morpholine rings is 1. The number of hydrogen-bond acceptors (Lipinski definition) is 6. The Hall–Kier alpha value is -1.48. The number of ether oxygens (including phenoxy) is 1. The molecular weight excluding hydrogens is 462 g/mol. The van der Waals surface area contributed by atoms with E-state index in [1.54, 1.807) is 11.3 Å². The van der Waals surface area contributed by atoms with Crippen LogP contribution in [-0.4, -0.2) is 72.9 Å². The van der Waals surface area contributed by atoms with Crippen LogP contribution in [0.5, 0.6) is 0 Å². The maximum atomic E-state index is 13.0. The van der Waals surface area contributed by atoms with Crippen molar-refractivity contribution in [1.29, 1.82) is 0 Å². The Morgan fingerprint density at radius 2 is 1.94 bits per heavy atom. The van der Waals surface area contributed by atoms with E-state index < -0.39 is 5.60 Å². The topological polar surface area (TPSA) is 90.9 Å². The van der Waals surface area contributed by atoms with E-state index in [-0.39, 0.29) is 34.6 Å². The number of carbonyl (C=O) groups is 2. The van der Waals surface area contributed by atoms with Crippen molar-refractivity contribution in [3.63, 3.8) is 0 Å². The first-order valence-electron chi connectivity index (χ1n) is 13.2. The molecule has 3 aliphatic rings. The number of hydrogen-bond donors (Lipinski definition) is 3. The number of rotatable bonds is 9. The molecule has 0 spiro atoms. The van der Waals surface area contributed by atoms with Crippen molar-refractivity contribution in [3.05, 3.63) is 22.4 Å². The van der Waals surface area contributed by atoms with Gasteiger partial charge in [0.05, 0.1) is 25.2 Å². The minimum atomic E-state index is -0.693. The molecule has 8 heteroatoms. The van der Waals surface area contributed by atoms with Gasteiger partial charge in [-0.15, -0.1) is 11.3 Å². The van der Waals surface area contributed by atoms with Gasteiger partial charge < -0.3 is 20.5 Å². The summed E-state index contributed by atoms with van der Waals surface area (Å²) in [5, 5.41) is 19.4. The molecule has 2 amide bonds. The van der Waals surface area contributed by atoms with E-state index in [4.69, 9.17) is 4.74 Å². The van der Waals surface area contributed by atoms with Crippen LogP contribution < -0.4 is 10.6 Å². The van der Waals surface area contributed by atoms with Gasteiger partial charge in [-0.05, 0) is 67.2 Å². The van der Waals surface area contributed by atoms with E-state index in [1.165, 1.54) is 0 Å². The molecule has 0 unspecified atom stereocenters. The molecular formula is C27H43N3O4S. The lowest BCUT2D eigenvalue weighted by Gasteiger charge is -2.50. The van der Waals surface area contributed by atoms with Gasteiger partial charge in [0, 0.05) is 43.5 Å². The molecule has 1 aromatic heterocycles. The first kappa shape index (κ1) is 26.6. The van der Waals surface area contributed by atoms with Crippen LogP contribution in [0.3, 0.4) is 0 Å². The Labute approximate surface area is 214 Å². The highest BCUT2D eigenvalue weighted by Crippen LogP contribution is 2.63. The summed E-state index contributed by atoms with van der Waals surface area (Å²) >= 11 is 1.61. The number of amides is 2. The van der Waals surface area contributed by atoms with Crippen molar-refractivity contribution in [2.75, 3.05) is 39.4 Å². The number of nitrogens with one attached hydrogen (secondary N) is 2. The summed E-state index contributed by atoms with van der Waals surface area (Å²) in [5.41, 5.74) is -0.877. The summed E-state index contributed by atoms with van der Waals surface area (Å²) in [7, 11) is 0. The number of fused-ring (bicyclic) bond motifs is 1. The zero-order valence-corrected chi connectivity index (χ0v) is 22.4. The molecule has 2 aliphatic carbocycles. The summed E-state index contributed by atoms with van der Waals surface area (Å²) < 4.78 is 5.39. The van der Waals surface area contributed by atoms with Crippen LogP contribution in [0.4, 0.5) is 0 Å². The third kappa shape index (κ3) is 6.45. The standard InChI is InChI=1S/C27H43N3O4S/c1-25(2)19-22(29-24(32)17-20-5-4-16-35-20)27(9-8-26(3,33)18-21(25)27)7-6-23(31)28-10-11-30-12-14-34-15-13-30/h4-5,16,21-22,33H,6-15,17-19H2,1-3H3,(H,28,31)(H,29,32)/t21-,22-,26+,27+/m0/s1. The van der Waals surface area contributed by atoms with Gasteiger partial charge in [0.15, 0.2) is 0 Å². The number of aliphatic hydroxyl groups is 1. The first-order valence-corrected chi connectivity index (χ1v) is 14.1. The number of thiophene rings is 1. The maximum Gasteiger partial charge on any atom is 0.225 e. The van der Waals surface area contributed by atoms with Crippen molar-refractivity contribution in [2.24, 2.45) is 16.7 Å². The minimum Gasteiger partial charge on any atom is -0.390 e. The van der Waals surface area contributed by atoms with Gasteiger partial charge >= 0.3 is 0 Å². The molecule has 2 heterocycles. The normalized spacial score (nSPS) is 32.7. The SMILES string of the molecule is CC1(C)C[C@H](NC(=O)Cc2cccs2)[C@]2(CCC(=O)NCCN3CCOCC3)CC[C@@](C)(O)C[C@@H]12. The molecule has 0 radical (unpaired) electrons. The van der Waals surface area contributed by atoms with Gasteiger partial charge in [-0.1, -0.05) is 19.9 Å². The maximum absolute atomic E-state index is 13.0. The highest BCUT2D eigenvalue weighted by molar-refractivity contribution is 7.10. The Morgan fingerprint density at radius 3 is 2.66 bits per heavy atom. The second-order valence-corrected chi connectivity index (χ2v) is 12.9. The molecule has 196 valence electrons. The van der Waals surface area contributed by atoms with Crippen LogP contribution in [0.15, 0.2) is 17.5 Å². The Bertz CT molecular complexity index is 866. The number of nitrogens with zero attached hydrogens (tertiary/aromatic N) is 1. The first-order chi connectivity index (χ1) is 16.6. The fourth-order valence-electron chi connectivity index (χ4n) is 6.86. The van der Waals surface area contributed by atoms with E-state index in [2.05, 4.69) is 29.4 Å². The molecule has 1 aliphatic heterocycles. The van der Waals surface area contributed by atoms with Crippen molar-refractivity contribution in [3.8, 4) is 0 Å². The molecule has 1 saturated heterocycles. The largest absolute Gasteiger partial charge is 0.390 e. The smallest absolute Gasteiger partial charge is 0.225 e. The lowest BCUT2D eigenvalue weighted by Crippen LogP contribution is -2.53. The third-order valence-electron chi connectivity index (χ3n) is 8.76. The van der Waals surface area contributed by atoms with E-state index in [0.717, 1.165) is 63.4 Å². The molecule has 1 aromatic rings. The number of carbonyl (C=O) groups excluding carboxylic acids is 2. The second-order valence-electron chi connectivity index (χ2n) is 11.9. The summed E-state index contributed by atoms with van der Waals surface area (Å²) in [5.74, 6) is 0.393. The Kier molecular flexibility index (Phi) is 8.25. The highest BCUT2D eigenvalue weighted by atomic mass is 32.1. The minimum absolute atomic E-state index is 0.0158. The predicted molar refractivity (Wildman–Crippen MR) is 138 cm³/mol. The van der Waals surface area contributed by atoms with E-state index in [9.17, 15) is 14.7 Å². The zero-order valence-electron chi connectivity index (χ0n) is 21.6. The van der Waals surface area contributed by atoms with Crippen LogP contribution >= 0.6 is 11.3 Å². The van der Waals surface area contributed by atoms with Crippen molar-refractivity contribution < 1.29 is 19.4 Å². The average molecular weight is 506 g/mol. The molecule has 35 heavy (non-hydrogen) atoms. The second kappa shape index (κ2) is 10.9. The molecule has 4 atom stereocenters. The Balaban J connectivity index is 1.41. The zero-order chi connectivity index (χ0) is 25.1. The summed E-state index contributed by atoms with van der Waals surface area (Å²) in [6.45, 7) is 11.3. The molecule has 2 saturated carbocycles.